The van der Waals surface area contributed by atoms with Gasteiger partial charge >= 0.3 is 0 Å². The number of carbonyl (C=O) groups is 1. The third-order valence-electron chi connectivity index (χ3n) is 4.95. The molecule has 0 radical (unpaired) electrons. The quantitative estimate of drug-likeness (QED) is 0.195. The van der Waals surface area contributed by atoms with Gasteiger partial charge in [0.15, 0.2) is 0 Å². The summed E-state index contributed by atoms with van der Waals surface area (Å²) >= 11 is 0. The van der Waals surface area contributed by atoms with Gasteiger partial charge in [0.25, 0.3) is 0 Å². The minimum absolute atomic E-state index is 0.376. The fourth-order valence-electron chi connectivity index (χ4n) is 3.39. The summed E-state index contributed by atoms with van der Waals surface area (Å²) in [6.45, 7) is 2.33. The Morgan fingerprint density at radius 3 is 2.54 bits per heavy atom. The molecule has 0 N–H and O–H groups in total. The highest BCUT2D eigenvalue weighted by molar-refractivity contribution is 5.73. The lowest BCUT2D eigenvalue weighted by Crippen LogP contribution is -2.19. The summed E-state index contributed by atoms with van der Waals surface area (Å²) in [5.41, 5.74) is 1.00. The summed E-state index contributed by atoms with van der Waals surface area (Å²) in [7, 11) is 0. The van der Waals surface area contributed by atoms with Crippen molar-refractivity contribution in [1.29, 1.82) is 0 Å². The van der Waals surface area contributed by atoms with Crippen LogP contribution in [0.15, 0.2) is 30.3 Å². The number of hydrogen-bond acceptors (Lipinski definition) is 4. The Labute approximate surface area is 169 Å². The van der Waals surface area contributed by atoms with E-state index in [0.29, 0.717) is 12.6 Å². The molecule has 1 aromatic carbocycles. The number of terminal acetylenes is 1. The molecule has 0 aromatic heterocycles. The van der Waals surface area contributed by atoms with Crippen molar-refractivity contribution in [2.75, 3.05) is 19.7 Å². The molecule has 28 heavy (non-hydrogen) atoms. The molecule has 0 saturated carbocycles. The molecule has 4 nitrogen and oxygen atoms in total. The van der Waals surface area contributed by atoms with Gasteiger partial charge in [-0.2, -0.15) is 5.06 Å². The summed E-state index contributed by atoms with van der Waals surface area (Å²) < 4.78 is 5.77. The third kappa shape index (κ3) is 9.21. The van der Waals surface area contributed by atoms with Crippen LogP contribution in [-0.4, -0.2) is 37.1 Å². The Morgan fingerprint density at radius 2 is 1.82 bits per heavy atom. The van der Waals surface area contributed by atoms with Gasteiger partial charge in [0.05, 0.1) is 19.3 Å². The van der Waals surface area contributed by atoms with Gasteiger partial charge in [0.1, 0.15) is 12.0 Å². The number of ether oxygens (including phenoxy) is 1. The largest absolute Gasteiger partial charge is 0.494 e. The van der Waals surface area contributed by atoms with Crippen LogP contribution in [0.1, 0.15) is 63.4 Å². The highest BCUT2D eigenvalue weighted by Gasteiger charge is 2.21. The van der Waals surface area contributed by atoms with Gasteiger partial charge in [-0.1, -0.05) is 62.7 Å². The van der Waals surface area contributed by atoms with Crippen molar-refractivity contribution in [3.05, 3.63) is 35.9 Å². The first-order valence-electron chi connectivity index (χ1n) is 10.5. The van der Waals surface area contributed by atoms with E-state index in [9.17, 15) is 4.79 Å². The second-order valence-corrected chi connectivity index (χ2v) is 7.26. The van der Waals surface area contributed by atoms with Gasteiger partial charge in [0, 0.05) is 6.54 Å². The van der Waals surface area contributed by atoms with Crippen molar-refractivity contribution in [2.45, 2.75) is 63.9 Å². The molecule has 0 bridgehead atoms. The number of rotatable bonds is 14. The molecule has 1 aromatic rings. The van der Waals surface area contributed by atoms with E-state index in [0.717, 1.165) is 50.0 Å². The molecule has 2 rings (SSSR count). The normalized spacial score (nSPS) is 17.0. The molecule has 1 fully saturated rings. The van der Waals surface area contributed by atoms with Crippen molar-refractivity contribution in [2.24, 2.45) is 0 Å². The SMILES string of the molecule is C#CCN1CCC(CCCCCCCCCOc2ccc(/C=C/C=O)cc2)O1. The molecule has 1 heterocycles. The predicted molar refractivity (Wildman–Crippen MR) is 114 cm³/mol. The Bertz CT molecular complexity index is 618. The van der Waals surface area contributed by atoms with Crippen LogP contribution in [0.4, 0.5) is 0 Å². The summed E-state index contributed by atoms with van der Waals surface area (Å²) in [5, 5.41) is 1.91. The minimum Gasteiger partial charge on any atom is -0.494 e. The molecule has 0 aliphatic carbocycles. The average molecular weight is 384 g/mol. The van der Waals surface area contributed by atoms with Gasteiger partial charge in [0.2, 0.25) is 0 Å². The number of nitrogens with zero attached hydrogens (tertiary/aromatic N) is 1. The maximum Gasteiger partial charge on any atom is 0.142 e. The molecule has 1 saturated heterocycles. The Morgan fingerprint density at radius 1 is 1.11 bits per heavy atom. The van der Waals surface area contributed by atoms with Crippen LogP contribution >= 0.6 is 0 Å². The maximum atomic E-state index is 10.3. The van der Waals surface area contributed by atoms with E-state index in [4.69, 9.17) is 16.0 Å². The molecule has 0 amide bonds. The Hall–Kier alpha value is -2.09. The first-order chi connectivity index (χ1) is 13.8. The van der Waals surface area contributed by atoms with Crippen molar-refractivity contribution in [3.8, 4) is 18.1 Å². The summed E-state index contributed by atoms with van der Waals surface area (Å²) in [5.74, 6) is 3.52. The Kier molecular flexibility index (Phi) is 11.1. The van der Waals surface area contributed by atoms with Crippen LogP contribution < -0.4 is 4.74 Å². The lowest BCUT2D eigenvalue weighted by atomic mass is 10.1. The highest BCUT2D eigenvalue weighted by Crippen LogP contribution is 2.19. The molecule has 152 valence electrons. The summed E-state index contributed by atoms with van der Waals surface area (Å²) in [4.78, 5) is 16.1. The van der Waals surface area contributed by atoms with E-state index in [-0.39, 0.29) is 0 Å². The van der Waals surface area contributed by atoms with E-state index in [1.165, 1.54) is 44.6 Å². The molecule has 1 aliphatic rings. The van der Waals surface area contributed by atoms with Crippen LogP contribution in [0.5, 0.6) is 5.75 Å². The number of unbranched alkanes of at least 4 members (excludes halogenated alkanes) is 6. The first-order valence-corrected chi connectivity index (χ1v) is 10.5. The molecule has 1 unspecified atom stereocenters. The number of benzene rings is 1. The van der Waals surface area contributed by atoms with E-state index in [2.05, 4.69) is 5.92 Å². The zero-order valence-corrected chi connectivity index (χ0v) is 16.9. The number of aldehydes is 1. The fraction of sp³-hybridized carbons (Fsp3) is 0.542. The number of hydrogen-bond donors (Lipinski definition) is 0. The van der Waals surface area contributed by atoms with Gasteiger partial charge in [-0.25, -0.2) is 0 Å². The van der Waals surface area contributed by atoms with Crippen LogP contribution in [0.25, 0.3) is 6.08 Å². The van der Waals surface area contributed by atoms with Crippen LogP contribution in [-0.2, 0) is 9.63 Å². The van der Waals surface area contributed by atoms with Gasteiger partial charge < -0.3 is 4.74 Å². The maximum absolute atomic E-state index is 10.3. The van der Waals surface area contributed by atoms with Crippen molar-refractivity contribution in [3.63, 3.8) is 0 Å². The van der Waals surface area contributed by atoms with E-state index in [1.54, 1.807) is 6.08 Å². The van der Waals surface area contributed by atoms with Crippen molar-refractivity contribution >= 4 is 12.4 Å². The van der Waals surface area contributed by atoms with Crippen LogP contribution in [0.2, 0.25) is 0 Å². The summed E-state index contributed by atoms with van der Waals surface area (Å²) in [6, 6.07) is 7.81. The topological polar surface area (TPSA) is 38.8 Å². The van der Waals surface area contributed by atoms with Gasteiger partial charge in [-0.05, 0) is 43.0 Å². The smallest absolute Gasteiger partial charge is 0.142 e. The molecule has 1 aliphatic heterocycles. The number of allylic oxidation sites excluding steroid dienone is 1. The molecular formula is C24H33NO3. The third-order valence-corrected chi connectivity index (χ3v) is 4.95. The van der Waals surface area contributed by atoms with E-state index >= 15 is 0 Å². The van der Waals surface area contributed by atoms with Crippen LogP contribution in [0.3, 0.4) is 0 Å². The van der Waals surface area contributed by atoms with Gasteiger partial charge in [-0.3, -0.25) is 9.63 Å². The van der Waals surface area contributed by atoms with E-state index < -0.39 is 0 Å². The molecular weight excluding hydrogens is 350 g/mol. The number of carbonyl (C=O) groups excluding carboxylic acids is 1. The minimum atomic E-state index is 0.376. The lowest BCUT2D eigenvalue weighted by Gasteiger charge is -2.13. The molecule has 1 atom stereocenters. The zero-order valence-electron chi connectivity index (χ0n) is 16.9. The standard InChI is InChI=1S/C24H33NO3/c1-2-18-25-19-17-24(28-25)12-8-6-4-3-5-7-9-21-27-23-15-13-22(14-16-23)11-10-20-26/h1,10-11,13-16,20,24H,3-9,12,17-19,21H2/b11-10+. The van der Waals surface area contributed by atoms with E-state index in [1.807, 2.05) is 29.3 Å². The zero-order chi connectivity index (χ0) is 19.9. The molecule has 4 heteroatoms. The number of hydroxylamine groups is 2. The first kappa shape index (κ1) is 22.2. The Balaban J connectivity index is 1.39. The predicted octanol–water partition coefficient (Wildman–Crippen LogP) is 5.04. The summed E-state index contributed by atoms with van der Waals surface area (Å²) in [6.07, 6.45) is 20.7. The monoisotopic (exact) mass is 383 g/mol. The second kappa shape index (κ2) is 14.0. The van der Waals surface area contributed by atoms with Crippen molar-refractivity contribution in [1.82, 2.24) is 5.06 Å². The van der Waals surface area contributed by atoms with Crippen molar-refractivity contribution < 1.29 is 14.4 Å². The highest BCUT2D eigenvalue weighted by atomic mass is 16.7. The van der Waals surface area contributed by atoms with Gasteiger partial charge in [-0.15, -0.1) is 6.42 Å². The average Bonchev–Trinajstić information content (AvgIpc) is 3.16. The second-order valence-electron chi connectivity index (χ2n) is 7.26. The van der Waals surface area contributed by atoms with Crippen LogP contribution in [0, 0.1) is 12.3 Å². The fourth-order valence-corrected chi connectivity index (χ4v) is 3.39. The molecule has 0 spiro atoms. The lowest BCUT2D eigenvalue weighted by molar-refractivity contribution is -0.138.